The van der Waals surface area contributed by atoms with Crippen molar-refractivity contribution in [1.82, 2.24) is 15.1 Å². The third-order valence-corrected chi connectivity index (χ3v) is 1.83. The summed E-state index contributed by atoms with van der Waals surface area (Å²) in [6.45, 7) is 6.07. The molecular weight excluding hydrogens is 190 g/mol. The second kappa shape index (κ2) is 5.14. The summed E-state index contributed by atoms with van der Waals surface area (Å²) >= 11 is 0. The van der Waals surface area contributed by atoms with Gasteiger partial charge in [-0.15, -0.1) is 0 Å². The van der Waals surface area contributed by atoms with E-state index >= 15 is 0 Å². The van der Waals surface area contributed by atoms with Crippen molar-refractivity contribution < 1.29 is 4.79 Å². The topological polar surface area (TPSA) is 46.9 Å². The summed E-state index contributed by atoms with van der Waals surface area (Å²) < 4.78 is 1.70. The van der Waals surface area contributed by atoms with Gasteiger partial charge in [-0.05, 0) is 19.1 Å². The fraction of sp³-hybridized carbons (Fsp3) is 0.273. The highest BCUT2D eigenvalue weighted by Crippen LogP contribution is 1.98. The zero-order valence-corrected chi connectivity index (χ0v) is 9.03. The molecule has 1 rings (SSSR count). The van der Waals surface area contributed by atoms with Crippen LogP contribution < -0.4 is 5.32 Å². The van der Waals surface area contributed by atoms with E-state index in [1.807, 2.05) is 20.0 Å². The average molecular weight is 205 g/mol. The molecule has 0 bridgehead atoms. The lowest BCUT2D eigenvalue weighted by atomic mass is 10.3. The van der Waals surface area contributed by atoms with Gasteiger partial charge in [0.1, 0.15) is 0 Å². The minimum atomic E-state index is -0.126. The molecule has 0 aliphatic rings. The second-order valence-electron chi connectivity index (χ2n) is 3.39. The molecule has 0 spiro atoms. The molecular formula is C11H15N3O. The Morgan fingerprint density at radius 1 is 1.73 bits per heavy atom. The van der Waals surface area contributed by atoms with Crippen LogP contribution >= 0.6 is 0 Å². The molecule has 0 saturated carbocycles. The molecule has 0 atom stereocenters. The SMILES string of the molecule is C=C(C)CNC(=O)/C=C/c1ccnn1C. The third kappa shape index (κ3) is 3.81. The van der Waals surface area contributed by atoms with E-state index in [0.29, 0.717) is 6.54 Å². The number of nitrogens with one attached hydrogen (secondary N) is 1. The van der Waals surface area contributed by atoms with Gasteiger partial charge in [0.15, 0.2) is 0 Å². The normalized spacial score (nSPS) is 10.5. The van der Waals surface area contributed by atoms with E-state index in [1.165, 1.54) is 6.08 Å². The Balaban J connectivity index is 2.48. The van der Waals surface area contributed by atoms with Crippen LogP contribution in [-0.4, -0.2) is 22.2 Å². The first kappa shape index (κ1) is 11.2. The van der Waals surface area contributed by atoms with E-state index in [0.717, 1.165) is 11.3 Å². The smallest absolute Gasteiger partial charge is 0.244 e. The van der Waals surface area contributed by atoms with E-state index in [1.54, 1.807) is 17.0 Å². The summed E-state index contributed by atoms with van der Waals surface area (Å²) in [6.07, 6.45) is 4.90. The maximum Gasteiger partial charge on any atom is 0.244 e. The zero-order chi connectivity index (χ0) is 11.3. The first-order chi connectivity index (χ1) is 7.09. The van der Waals surface area contributed by atoms with Crippen LogP contribution in [0.1, 0.15) is 12.6 Å². The minimum absolute atomic E-state index is 0.126. The predicted octanol–water partition coefficient (Wildman–Crippen LogP) is 1.13. The number of aryl methyl sites for hydroxylation is 1. The van der Waals surface area contributed by atoms with Gasteiger partial charge in [-0.1, -0.05) is 12.2 Å². The van der Waals surface area contributed by atoms with E-state index in [4.69, 9.17) is 0 Å². The Morgan fingerprint density at radius 3 is 3.00 bits per heavy atom. The molecule has 15 heavy (non-hydrogen) atoms. The van der Waals surface area contributed by atoms with Gasteiger partial charge in [0.05, 0.1) is 5.69 Å². The molecule has 0 radical (unpaired) electrons. The summed E-state index contributed by atoms with van der Waals surface area (Å²) in [5.74, 6) is -0.126. The summed E-state index contributed by atoms with van der Waals surface area (Å²) in [5, 5.41) is 6.70. The lowest BCUT2D eigenvalue weighted by molar-refractivity contribution is -0.116. The van der Waals surface area contributed by atoms with Gasteiger partial charge in [0.25, 0.3) is 0 Å². The quantitative estimate of drug-likeness (QED) is 0.591. The first-order valence-electron chi connectivity index (χ1n) is 4.68. The monoisotopic (exact) mass is 205 g/mol. The van der Waals surface area contributed by atoms with E-state index in [2.05, 4.69) is 17.0 Å². The highest BCUT2D eigenvalue weighted by Gasteiger charge is 1.96. The summed E-state index contributed by atoms with van der Waals surface area (Å²) in [6, 6.07) is 1.84. The average Bonchev–Trinajstić information content (AvgIpc) is 2.58. The molecule has 80 valence electrons. The van der Waals surface area contributed by atoms with Crippen molar-refractivity contribution in [2.24, 2.45) is 7.05 Å². The highest BCUT2D eigenvalue weighted by molar-refractivity contribution is 5.91. The number of carbonyl (C=O) groups is 1. The van der Waals surface area contributed by atoms with Crippen molar-refractivity contribution in [2.45, 2.75) is 6.92 Å². The van der Waals surface area contributed by atoms with Crippen LogP contribution in [0.3, 0.4) is 0 Å². The maximum absolute atomic E-state index is 11.3. The number of amides is 1. The molecule has 0 aromatic carbocycles. The molecule has 4 heteroatoms. The van der Waals surface area contributed by atoms with Crippen LogP contribution in [0, 0.1) is 0 Å². The molecule has 1 N–H and O–H groups in total. The maximum atomic E-state index is 11.3. The standard InChI is InChI=1S/C11H15N3O/c1-9(2)8-12-11(15)5-4-10-6-7-13-14(10)3/h4-7H,1,8H2,2-3H3,(H,12,15)/b5-4+. The summed E-state index contributed by atoms with van der Waals surface area (Å²) in [4.78, 5) is 11.3. The van der Waals surface area contributed by atoms with Gasteiger partial charge in [-0.3, -0.25) is 9.48 Å². The van der Waals surface area contributed by atoms with E-state index < -0.39 is 0 Å². The zero-order valence-electron chi connectivity index (χ0n) is 9.03. The Hall–Kier alpha value is -1.84. The van der Waals surface area contributed by atoms with Gasteiger partial charge < -0.3 is 5.32 Å². The Labute approximate surface area is 89.3 Å². The summed E-state index contributed by atoms with van der Waals surface area (Å²) in [5.41, 5.74) is 1.82. The lowest BCUT2D eigenvalue weighted by Gasteiger charge is -1.99. The van der Waals surface area contributed by atoms with Crippen molar-refractivity contribution in [2.75, 3.05) is 6.54 Å². The second-order valence-corrected chi connectivity index (χ2v) is 3.39. The molecule has 0 aliphatic heterocycles. The van der Waals surface area contributed by atoms with Crippen LogP contribution in [0.25, 0.3) is 6.08 Å². The Bertz CT molecular complexity index is 390. The highest BCUT2D eigenvalue weighted by atomic mass is 16.1. The van der Waals surface area contributed by atoms with Crippen molar-refractivity contribution >= 4 is 12.0 Å². The van der Waals surface area contributed by atoms with Gasteiger partial charge in [-0.2, -0.15) is 5.10 Å². The summed E-state index contributed by atoms with van der Waals surface area (Å²) in [7, 11) is 1.82. The molecule has 1 heterocycles. The van der Waals surface area contributed by atoms with Crippen LogP contribution in [-0.2, 0) is 11.8 Å². The third-order valence-electron chi connectivity index (χ3n) is 1.83. The van der Waals surface area contributed by atoms with E-state index in [-0.39, 0.29) is 5.91 Å². The van der Waals surface area contributed by atoms with Gasteiger partial charge in [0, 0.05) is 25.9 Å². The van der Waals surface area contributed by atoms with Crippen LogP contribution in [0.5, 0.6) is 0 Å². The molecule has 1 aromatic rings. The number of hydrogen-bond donors (Lipinski definition) is 1. The van der Waals surface area contributed by atoms with Gasteiger partial charge in [-0.25, -0.2) is 0 Å². The Morgan fingerprint density at radius 2 is 2.47 bits per heavy atom. The number of carbonyl (C=O) groups excluding carboxylic acids is 1. The number of aromatic nitrogens is 2. The van der Waals surface area contributed by atoms with E-state index in [9.17, 15) is 4.79 Å². The fourth-order valence-electron chi connectivity index (χ4n) is 1.01. The molecule has 1 amide bonds. The van der Waals surface area contributed by atoms with Gasteiger partial charge >= 0.3 is 0 Å². The van der Waals surface area contributed by atoms with Crippen LogP contribution in [0.2, 0.25) is 0 Å². The van der Waals surface area contributed by atoms with Gasteiger partial charge in [0.2, 0.25) is 5.91 Å². The van der Waals surface area contributed by atoms with Crippen molar-refractivity contribution in [3.8, 4) is 0 Å². The number of nitrogens with zero attached hydrogens (tertiary/aromatic N) is 2. The molecule has 0 fully saturated rings. The number of rotatable bonds is 4. The lowest BCUT2D eigenvalue weighted by Crippen LogP contribution is -2.22. The Kier molecular flexibility index (Phi) is 3.85. The first-order valence-corrected chi connectivity index (χ1v) is 4.68. The molecule has 0 aliphatic carbocycles. The minimum Gasteiger partial charge on any atom is -0.349 e. The number of hydrogen-bond acceptors (Lipinski definition) is 2. The van der Waals surface area contributed by atoms with Crippen LogP contribution in [0.15, 0.2) is 30.5 Å². The largest absolute Gasteiger partial charge is 0.349 e. The molecule has 0 unspecified atom stereocenters. The molecule has 1 aromatic heterocycles. The van der Waals surface area contributed by atoms with Crippen molar-refractivity contribution in [3.63, 3.8) is 0 Å². The fourth-order valence-corrected chi connectivity index (χ4v) is 1.01. The molecule has 4 nitrogen and oxygen atoms in total. The van der Waals surface area contributed by atoms with Crippen LogP contribution in [0.4, 0.5) is 0 Å². The molecule has 0 saturated heterocycles. The van der Waals surface area contributed by atoms with Crippen molar-refractivity contribution in [1.29, 1.82) is 0 Å². The predicted molar refractivity (Wildman–Crippen MR) is 60.1 cm³/mol. The van der Waals surface area contributed by atoms with Crippen molar-refractivity contribution in [3.05, 3.63) is 36.2 Å².